The van der Waals surface area contributed by atoms with Crippen LogP contribution in [0.3, 0.4) is 0 Å². The Morgan fingerprint density at radius 1 is 1.17 bits per heavy atom. The van der Waals surface area contributed by atoms with Crippen LogP contribution in [0.1, 0.15) is 24.5 Å². The van der Waals surface area contributed by atoms with Crippen LogP contribution in [-0.2, 0) is 19.9 Å². The molecule has 1 aliphatic rings. The molecule has 3 rings (SSSR count). The van der Waals surface area contributed by atoms with E-state index in [9.17, 15) is 4.79 Å². The van der Waals surface area contributed by atoms with E-state index in [0.717, 1.165) is 16.8 Å². The molecule has 0 spiro atoms. The Morgan fingerprint density at radius 3 is 2.61 bits per heavy atom. The summed E-state index contributed by atoms with van der Waals surface area (Å²) < 4.78 is 11.2. The second-order valence-corrected chi connectivity index (χ2v) is 5.61. The van der Waals surface area contributed by atoms with Gasteiger partial charge in [0.1, 0.15) is 0 Å². The van der Waals surface area contributed by atoms with Gasteiger partial charge in [0.25, 0.3) is 5.17 Å². The highest BCUT2D eigenvalue weighted by molar-refractivity contribution is 7.80. The monoisotopic (exact) mass is 327 g/mol. The van der Waals surface area contributed by atoms with Crippen LogP contribution in [0.15, 0.2) is 54.6 Å². The van der Waals surface area contributed by atoms with Crippen LogP contribution in [0, 0.1) is 0 Å². The van der Waals surface area contributed by atoms with Crippen LogP contribution in [0.2, 0.25) is 0 Å². The summed E-state index contributed by atoms with van der Waals surface area (Å²) in [5.41, 5.74) is 1.60. The van der Waals surface area contributed by atoms with Crippen LogP contribution >= 0.6 is 12.2 Å². The summed E-state index contributed by atoms with van der Waals surface area (Å²) in [4.78, 5) is 12.2. The minimum absolute atomic E-state index is 0.0592. The van der Waals surface area contributed by atoms with Gasteiger partial charge in [-0.1, -0.05) is 48.5 Å². The zero-order valence-corrected chi connectivity index (χ0v) is 13.6. The fourth-order valence-corrected chi connectivity index (χ4v) is 3.12. The average molecular weight is 327 g/mol. The van der Waals surface area contributed by atoms with Gasteiger partial charge in [0.15, 0.2) is 5.60 Å². The van der Waals surface area contributed by atoms with Crippen molar-refractivity contribution in [3.63, 3.8) is 0 Å². The number of benzene rings is 2. The number of esters is 1. The maximum Gasteiger partial charge on any atom is 0.310 e. The van der Waals surface area contributed by atoms with Crippen LogP contribution in [0.5, 0.6) is 0 Å². The molecular formula is C18H17NO3S. The molecule has 1 atom stereocenters. The van der Waals surface area contributed by atoms with E-state index in [2.05, 4.69) is 5.32 Å². The van der Waals surface area contributed by atoms with Crippen LogP contribution in [0.4, 0.5) is 5.69 Å². The first kappa shape index (κ1) is 15.5. The number of anilines is 1. The van der Waals surface area contributed by atoms with Crippen molar-refractivity contribution in [3.8, 4) is 0 Å². The highest BCUT2D eigenvalue weighted by Gasteiger charge is 2.44. The Balaban J connectivity index is 2.16. The number of fused-ring (bicyclic) bond motifs is 1. The van der Waals surface area contributed by atoms with E-state index in [0.29, 0.717) is 6.61 Å². The summed E-state index contributed by atoms with van der Waals surface area (Å²) in [5, 5.41) is 3.29. The smallest absolute Gasteiger partial charge is 0.310 e. The second kappa shape index (κ2) is 6.38. The van der Waals surface area contributed by atoms with E-state index in [1.54, 1.807) is 6.92 Å². The Kier molecular flexibility index (Phi) is 4.30. The van der Waals surface area contributed by atoms with Crippen molar-refractivity contribution in [1.82, 2.24) is 0 Å². The molecule has 0 saturated carbocycles. The van der Waals surface area contributed by atoms with Gasteiger partial charge in [-0.2, -0.15) is 0 Å². The molecule has 0 saturated heterocycles. The van der Waals surface area contributed by atoms with Crippen molar-refractivity contribution < 1.29 is 14.3 Å². The summed E-state index contributed by atoms with van der Waals surface area (Å²) in [6.45, 7) is 2.11. The first-order chi connectivity index (χ1) is 11.2. The maximum atomic E-state index is 12.2. The van der Waals surface area contributed by atoms with Crippen molar-refractivity contribution in [2.45, 2.75) is 18.9 Å². The molecule has 1 N–H and O–H groups in total. The summed E-state index contributed by atoms with van der Waals surface area (Å²) in [6, 6.07) is 17.3. The molecule has 118 valence electrons. The lowest BCUT2D eigenvalue weighted by Gasteiger charge is -2.39. The Hall–Kier alpha value is -2.40. The van der Waals surface area contributed by atoms with Gasteiger partial charge in [0, 0.05) is 16.8 Å². The molecule has 0 fully saturated rings. The maximum absolute atomic E-state index is 12.2. The quantitative estimate of drug-likeness (QED) is 0.687. The molecule has 0 aromatic heterocycles. The summed E-state index contributed by atoms with van der Waals surface area (Å²) in [6.07, 6.45) is 0.0592. The third-order valence-corrected chi connectivity index (χ3v) is 3.99. The second-order valence-electron chi connectivity index (χ2n) is 5.23. The number of para-hydroxylation sites is 1. The first-order valence-corrected chi connectivity index (χ1v) is 7.87. The number of hydrogen-bond donors (Lipinski definition) is 1. The molecule has 0 radical (unpaired) electrons. The van der Waals surface area contributed by atoms with Gasteiger partial charge in [-0.15, -0.1) is 0 Å². The van der Waals surface area contributed by atoms with Gasteiger partial charge >= 0.3 is 5.97 Å². The van der Waals surface area contributed by atoms with E-state index < -0.39 is 5.60 Å². The summed E-state index contributed by atoms with van der Waals surface area (Å²) in [7, 11) is 0. The molecule has 1 heterocycles. The van der Waals surface area contributed by atoms with Crippen LogP contribution in [0.25, 0.3) is 0 Å². The van der Waals surface area contributed by atoms with E-state index in [4.69, 9.17) is 21.7 Å². The van der Waals surface area contributed by atoms with Crippen molar-refractivity contribution >= 4 is 29.0 Å². The van der Waals surface area contributed by atoms with Crippen LogP contribution in [-0.4, -0.2) is 17.8 Å². The van der Waals surface area contributed by atoms with Gasteiger partial charge in [-0.25, -0.2) is 0 Å². The lowest BCUT2D eigenvalue weighted by molar-refractivity contribution is -0.147. The van der Waals surface area contributed by atoms with Crippen molar-refractivity contribution in [3.05, 3.63) is 65.7 Å². The number of hydrogen-bond acceptors (Lipinski definition) is 4. The molecule has 0 aliphatic carbocycles. The average Bonchev–Trinajstić information content (AvgIpc) is 2.55. The fourth-order valence-electron chi connectivity index (χ4n) is 2.86. The van der Waals surface area contributed by atoms with Gasteiger partial charge < -0.3 is 14.8 Å². The van der Waals surface area contributed by atoms with Crippen molar-refractivity contribution in [2.75, 3.05) is 11.9 Å². The minimum atomic E-state index is -0.980. The Morgan fingerprint density at radius 2 is 1.87 bits per heavy atom. The minimum Gasteiger partial charge on any atom is -0.466 e. The lowest BCUT2D eigenvalue weighted by Crippen LogP contribution is -2.42. The molecule has 5 heteroatoms. The standard InChI is InChI=1S/C18H17NO3S/c1-2-21-16(20)12-18(13-8-4-3-5-9-13)14-10-6-7-11-15(14)19-17(23)22-18/h3-11H,2,12H2,1H3,(H,19,23). The molecule has 0 bridgehead atoms. The third-order valence-electron chi connectivity index (χ3n) is 3.80. The van der Waals surface area contributed by atoms with Crippen molar-refractivity contribution in [1.29, 1.82) is 0 Å². The summed E-state index contributed by atoms with van der Waals surface area (Å²) in [5.74, 6) is -0.323. The normalized spacial score (nSPS) is 19.3. The van der Waals surface area contributed by atoms with E-state index in [1.807, 2.05) is 54.6 Å². The molecule has 1 unspecified atom stereocenters. The SMILES string of the molecule is CCOC(=O)CC1(c2ccccc2)OC(=S)Nc2ccccc21. The Bertz CT molecular complexity index is 732. The number of carbonyl (C=O) groups is 1. The van der Waals surface area contributed by atoms with E-state index >= 15 is 0 Å². The predicted molar refractivity (Wildman–Crippen MR) is 92.2 cm³/mol. The van der Waals surface area contributed by atoms with E-state index in [1.165, 1.54) is 0 Å². The molecule has 2 aromatic carbocycles. The molecular weight excluding hydrogens is 310 g/mol. The molecule has 2 aromatic rings. The first-order valence-electron chi connectivity index (χ1n) is 7.46. The highest BCUT2D eigenvalue weighted by Crippen LogP contribution is 2.43. The Labute approximate surface area is 140 Å². The lowest BCUT2D eigenvalue weighted by atomic mass is 9.81. The third kappa shape index (κ3) is 2.92. The number of thiocarbonyl (C=S) groups is 1. The molecule has 0 amide bonds. The van der Waals surface area contributed by atoms with Gasteiger partial charge in [-0.05, 0) is 25.2 Å². The predicted octanol–water partition coefficient (Wildman–Crippen LogP) is 3.61. The number of nitrogens with one attached hydrogen (secondary N) is 1. The van der Waals surface area contributed by atoms with Gasteiger partial charge in [-0.3, -0.25) is 4.79 Å². The zero-order chi connectivity index (χ0) is 16.3. The van der Waals surface area contributed by atoms with Crippen molar-refractivity contribution in [2.24, 2.45) is 0 Å². The highest BCUT2D eigenvalue weighted by atomic mass is 32.1. The number of ether oxygens (including phenoxy) is 2. The molecule has 1 aliphatic heterocycles. The molecule has 4 nitrogen and oxygen atoms in total. The largest absolute Gasteiger partial charge is 0.466 e. The van der Waals surface area contributed by atoms with Gasteiger partial charge in [0.2, 0.25) is 0 Å². The fraction of sp³-hybridized carbons (Fsp3) is 0.222. The van der Waals surface area contributed by atoms with Crippen LogP contribution < -0.4 is 5.32 Å². The number of rotatable bonds is 4. The number of carbonyl (C=O) groups excluding carboxylic acids is 1. The topological polar surface area (TPSA) is 47.6 Å². The van der Waals surface area contributed by atoms with E-state index in [-0.39, 0.29) is 17.6 Å². The van der Waals surface area contributed by atoms with Gasteiger partial charge in [0.05, 0.1) is 13.0 Å². The molecule has 23 heavy (non-hydrogen) atoms. The zero-order valence-electron chi connectivity index (χ0n) is 12.7. The summed E-state index contributed by atoms with van der Waals surface area (Å²) >= 11 is 5.26.